The van der Waals surface area contributed by atoms with Gasteiger partial charge in [0.15, 0.2) is 0 Å². The first kappa shape index (κ1) is 13.3. The highest BCUT2D eigenvalue weighted by molar-refractivity contribution is 9.09. The maximum absolute atomic E-state index is 11.2. The van der Waals surface area contributed by atoms with Gasteiger partial charge in [0, 0.05) is 11.4 Å². The quantitative estimate of drug-likeness (QED) is 0.749. The van der Waals surface area contributed by atoms with Crippen LogP contribution in [0, 0.1) is 5.92 Å². The number of amides is 1. The fourth-order valence-electron chi connectivity index (χ4n) is 1.13. The number of carbonyl (C=O) groups is 1. The van der Waals surface area contributed by atoms with E-state index in [1.807, 2.05) is 6.26 Å². The molecule has 0 heterocycles. The Morgan fingerprint density at radius 1 is 1.54 bits per heavy atom. The molecule has 0 radical (unpaired) electrons. The first-order valence-corrected chi connectivity index (χ1v) is 6.96. The van der Waals surface area contributed by atoms with Crippen molar-refractivity contribution in [1.82, 2.24) is 5.32 Å². The van der Waals surface area contributed by atoms with Crippen LogP contribution in [-0.4, -0.2) is 29.3 Å². The van der Waals surface area contributed by atoms with Gasteiger partial charge >= 0.3 is 0 Å². The van der Waals surface area contributed by atoms with Crippen molar-refractivity contribution >= 4 is 33.6 Å². The molecule has 1 N–H and O–H groups in total. The molecule has 0 fully saturated rings. The lowest BCUT2D eigenvalue weighted by Crippen LogP contribution is -2.38. The van der Waals surface area contributed by atoms with Crippen LogP contribution in [0.5, 0.6) is 0 Å². The molecule has 0 aromatic rings. The molecule has 0 aromatic carbocycles. The van der Waals surface area contributed by atoms with Crippen molar-refractivity contribution in [3.63, 3.8) is 0 Å². The molecule has 1 unspecified atom stereocenters. The maximum atomic E-state index is 11.2. The minimum Gasteiger partial charge on any atom is -0.352 e. The number of rotatable bonds is 6. The van der Waals surface area contributed by atoms with E-state index in [4.69, 9.17) is 0 Å². The average molecular weight is 268 g/mol. The van der Waals surface area contributed by atoms with Crippen LogP contribution in [0.3, 0.4) is 0 Å². The van der Waals surface area contributed by atoms with Gasteiger partial charge in [-0.3, -0.25) is 4.79 Å². The Hall–Kier alpha value is 0.300. The van der Waals surface area contributed by atoms with Crippen LogP contribution in [0.4, 0.5) is 0 Å². The van der Waals surface area contributed by atoms with Crippen LogP contribution in [0.2, 0.25) is 0 Å². The summed E-state index contributed by atoms with van der Waals surface area (Å²) in [5, 5.41) is 3.83. The molecule has 0 saturated carbocycles. The summed E-state index contributed by atoms with van der Waals surface area (Å²) in [6.07, 6.45) is 2.97. The van der Waals surface area contributed by atoms with E-state index in [9.17, 15) is 4.79 Å². The van der Waals surface area contributed by atoms with Crippen molar-refractivity contribution in [3.05, 3.63) is 0 Å². The van der Waals surface area contributed by atoms with E-state index in [0.717, 1.165) is 11.8 Å². The molecule has 1 atom stereocenters. The molecule has 0 rings (SSSR count). The van der Waals surface area contributed by atoms with Gasteiger partial charge in [0.1, 0.15) is 0 Å². The van der Waals surface area contributed by atoms with Crippen molar-refractivity contribution in [1.29, 1.82) is 0 Å². The van der Waals surface area contributed by atoms with Crippen molar-refractivity contribution in [3.8, 4) is 0 Å². The van der Waals surface area contributed by atoms with E-state index in [1.165, 1.54) is 0 Å². The number of thioether (sulfide) groups is 1. The molecule has 0 aromatic heterocycles. The number of hydrogen-bond acceptors (Lipinski definition) is 2. The molecule has 0 aliphatic heterocycles. The molecule has 1 amide bonds. The highest BCUT2D eigenvalue weighted by atomic mass is 79.9. The second-order valence-electron chi connectivity index (χ2n) is 3.48. The van der Waals surface area contributed by atoms with Gasteiger partial charge in [-0.1, -0.05) is 29.8 Å². The zero-order valence-corrected chi connectivity index (χ0v) is 10.9. The summed E-state index contributed by atoms with van der Waals surface area (Å²) < 4.78 is 0. The van der Waals surface area contributed by atoms with Gasteiger partial charge in [0.2, 0.25) is 5.91 Å². The predicted octanol–water partition coefficient (Wildman–Crippen LogP) is 2.28. The molecular formula is C9H18BrNOS. The largest absolute Gasteiger partial charge is 0.352 e. The molecule has 0 aliphatic rings. The average Bonchev–Trinajstić information content (AvgIpc) is 2.02. The number of hydrogen-bond donors (Lipinski definition) is 1. The number of halogens is 1. The van der Waals surface area contributed by atoms with Gasteiger partial charge in [-0.2, -0.15) is 11.8 Å². The monoisotopic (exact) mass is 267 g/mol. The lowest BCUT2D eigenvalue weighted by Gasteiger charge is -2.17. The minimum absolute atomic E-state index is 0.137. The van der Waals surface area contributed by atoms with Crippen LogP contribution >= 0.6 is 27.7 Å². The Bertz CT molecular complexity index is 153. The van der Waals surface area contributed by atoms with E-state index in [1.54, 1.807) is 11.8 Å². The van der Waals surface area contributed by atoms with Crippen LogP contribution in [-0.2, 0) is 4.79 Å². The summed E-state index contributed by atoms with van der Waals surface area (Å²) in [5.74, 6) is 1.32. The van der Waals surface area contributed by atoms with E-state index in [2.05, 4.69) is 35.1 Å². The van der Waals surface area contributed by atoms with Gasteiger partial charge in [0.05, 0.1) is 5.75 Å². The summed E-state index contributed by atoms with van der Waals surface area (Å²) in [7, 11) is 0. The topological polar surface area (TPSA) is 29.1 Å². The molecule has 13 heavy (non-hydrogen) atoms. The minimum atomic E-state index is 0.137. The van der Waals surface area contributed by atoms with Gasteiger partial charge in [-0.15, -0.1) is 0 Å². The third-order valence-corrected chi connectivity index (χ3v) is 2.92. The summed E-state index contributed by atoms with van der Waals surface area (Å²) in [5.41, 5.74) is 0. The lowest BCUT2D eigenvalue weighted by molar-refractivity contribution is -0.119. The van der Waals surface area contributed by atoms with Gasteiger partial charge in [-0.05, 0) is 18.6 Å². The third kappa shape index (κ3) is 7.38. The maximum Gasteiger partial charge on any atom is 0.230 e. The highest BCUT2D eigenvalue weighted by Crippen LogP contribution is 2.07. The number of alkyl halides is 1. The number of nitrogens with one attached hydrogen (secondary N) is 1. The smallest absolute Gasteiger partial charge is 0.230 e. The molecule has 0 aliphatic carbocycles. The van der Waals surface area contributed by atoms with Crippen molar-refractivity contribution in [2.45, 2.75) is 26.3 Å². The predicted molar refractivity (Wildman–Crippen MR) is 63.6 cm³/mol. The summed E-state index contributed by atoms with van der Waals surface area (Å²) in [6, 6.07) is 0.277. The van der Waals surface area contributed by atoms with Gasteiger partial charge in [0.25, 0.3) is 0 Å². The Kier molecular flexibility index (Phi) is 7.86. The Balaban J connectivity index is 3.76. The SMILES string of the molecule is CSCC(=O)NC(CBr)CC(C)C. The van der Waals surface area contributed by atoms with Crippen molar-refractivity contribution < 1.29 is 4.79 Å². The normalized spacial score (nSPS) is 13.0. The van der Waals surface area contributed by atoms with Crippen LogP contribution < -0.4 is 5.32 Å². The summed E-state index contributed by atoms with van der Waals surface area (Å²) >= 11 is 4.96. The standard InChI is InChI=1S/C9H18BrNOS/c1-7(2)4-8(5-10)11-9(12)6-13-3/h7-8H,4-6H2,1-3H3,(H,11,12). The van der Waals surface area contributed by atoms with Crippen LogP contribution in [0.25, 0.3) is 0 Å². The lowest BCUT2D eigenvalue weighted by atomic mass is 10.1. The zero-order valence-electron chi connectivity index (χ0n) is 8.47. The molecule has 4 heteroatoms. The molecule has 0 saturated heterocycles. The molecule has 0 spiro atoms. The Morgan fingerprint density at radius 2 is 2.15 bits per heavy atom. The fourth-order valence-corrected chi connectivity index (χ4v) is 1.90. The van der Waals surface area contributed by atoms with Gasteiger partial charge in [-0.25, -0.2) is 0 Å². The Labute approximate surface area is 93.4 Å². The molecule has 2 nitrogen and oxygen atoms in total. The fraction of sp³-hybridized carbons (Fsp3) is 0.889. The van der Waals surface area contributed by atoms with E-state index in [-0.39, 0.29) is 11.9 Å². The Morgan fingerprint density at radius 3 is 2.54 bits per heavy atom. The highest BCUT2D eigenvalue weighted by Gasteiger charge is 2.11. The summed E-state index contributed by atoms with van der Waals surface area (Å²) in [4.78, 5) is 11.2. The first-order chi connectivity index (χ1) is 6.10. The van der Waals surface area contributed by atoms with Crippen LogP contribution in [0.15, 0.2) is 0 Å². The first-order valence-electron chi connectivity index (χ1n) is 4.44. The summed E-state index contributed by atoms with van der Waals surface area (Å²) in [6.45, 7) is 4.33. The van der Waals surface area contributed by atoms with E-state index in [0.29, 0.717) is 11.7 Å². The molecule has 0 bridgehead atoms. The van der Waals surface area contributed by atoms with Crippen molar-refractivity contribution in [2.75, 3.05) is 17.3 Å². The van der Waals surface area contributed by atoms with Gasteiger partial charge < -0.3 is 5.32 Å². The number of carbonyl (C=O) groups excluding carboxylic acids is 1. The zero-order chi connectivity index (χ0) is 10.3. The molecule has 78 valence electrons. The van der Waals surface area contributed by atoms with Crippen LogP contribution in [0.1, 0.15) is 20.3 Å². The van der Waals surface area contributed by atoms with E-state index >= 15 is 0 Å². The van der Waals surface area contributed by atoms with Crippen molar-refractivity contribution in [2.24, 2.45) is 5.92 Å². The molecular weight excluding hydrogens is 250 g/mol. The second-order valence-corrected chi connectivity index (χ2v) is 4.99. The third-order valence-electron chi connectivity index (χ3n) is 1.58. The second kappa shape index (κ2) is 7.68. The van der Waals surface area contributed by atoms with E-state index < -0.39 is 0 Å².